The fraction of sp³-hybridized carbons (Fsp3) is 0.583. The Labute approximate surface area is 95.4 Å². The van der Waals surface area contributed by atoms with Crippen molar-refractivity contribution < 1.29 is 4.74 Å². The smallest absolute Gasteiger partial charge is 0.126 e. The molecule has 0 amide bonds. The van der Waals surface area contributed by atoms with Crippen LogP contribution in [0.4, 0.5) is 5.82 Å². The van der Waals surface area contributed by atoms with E-state index in [1.807, 2.05) is 0 Å². The Kier molecular flexibility index (Phi) is 2.76. The van der Waals surface area contributed by atoms with E-state index in [0.29, 0.717) is 19.3 Å². The standard InChI is InChI=1S/C12H17N3O/c1-2-10(6-13-5-1)14-12-4-3-9-7-16-8-11(9)15-12/h3-4,10,13H,1-2,5-8H2,(H,14,15). The number of pyridine rings is 1. The summed E-state index contributed by atoms with van der Waals surface area (Å²) in [6.07, 6.45) is 2.47. The van der Waals surface area contributed by atoms with Crippen molar-refractivity contribution in [2.45, 2.75) is 32.1 Å². The fourth-order valence-electron chi connectivity index (χ4n) is 2.31. The number of ether oxygens (including phenoxy) is 1. The lowest BCUT2D eigenvalue weighted by atomic mass is 10.1. The van der Waals surface area contributed by atoms with Gasteiger partial charge in [0.1, 0.15) is 5.82 Å². The number of hydrogen-bond acceptors (Lipinski definition) is 4. The summed E-state index contributed by atoms with van der Waals surface area (Å²) in [5.41, 5.74) is 2.32. The Balaban J connectivity index is 1.69. The summed E-state index contributed by atoms with van der Waals surface area (Å²) < 4.78 is 5.36. The Morgan fingerprint density at radius 2 is 2.38 bits per heavy atom. The van der Waals surface area contributed by atoms with Gasteiger partial charge in [0.15, 0.2) is 0 Å². The Morgan fingerprint density at radius 1 is 1.38 bits per heavy atom. The third-order valence-corrected chi connectivity index (χ3v) is 3.21. The van der Waals surface area contributed by atoms with Crippen LogP contribution in [0.2, 0.25) is 0 Å². The molecule has 1 unspecified atom stereocenters. The van der Waals surface area contributed by atoms with E-state index in [1.54, 1.807) is 0 Å². The average molecular weight is 219 g/mol. The Bertz CT molecular complexity index is 375. The minimum absolute atomic E-state index is 0.515. The number of nitrogens with one attached hydrogen (secondary N) is 2. The number of nitrogens with zero attached hydrogens (tertiary/aromatic N) is 1. The summed E-state index contributed by atoms with van der Waals surface area (Å²) in [6, 6.07) is 4.69. The van der Waals surface area contributed by atoms with Gasteiger partial charge < -0.3 is 15.4 Å². The third-order valence-electron chi connectivity index (χ3n) is 3.21. The average Bonchev–Trinajstić information content (AvgIpc) is 2.77. The lowest BCUT2D eigenvalue weighted by molar-refractivity contribution is 0.133. The molecule has 3 heterocycles. The van der Waals surface area contributed by atoms with E-state index in [4.69, 9.17) is 4.74 Å². The largest absolute Gasteiger partial charge is 0.370 e. The van der Waals surface area contributed by atoms with Crippen LogP contribution in [-0.4, -0.2) is 24.1 Å². The molecule has 16 heavy (non-hydrogen) atoms. The summed E-state index contributed by atoms with van der Waals surface area (Å²) in [7, 11) is 0. The number of hydrogen-bond donors (Lipinski definition) is 2. The molecule has 0 aliphatic carbocycles. The topological polar surface area (TPSA) is 46.2 Å². The maximum Gasteiger partial charge on any atom is 0.126 e. The van der Waals surface area contributed by atoms with Crippen LogP contribution in [0.5, 0.6) is 0 Å². The molecule has 1 aromatic heterocycles. The molecular weight excluding hydrogens is 202 g/mol. The van der Waals surface area contributed by atoms with E-state index < -0.39 is 0 Å². The SMILES string of the molecule is c1cc2c(nc1NC1CCCNC1)COC2. The van der Waals surface area contributed by atoms with Gasteiger partial charge in [-0.2, -0.15) is 0 Å². The van der Waals surface area contributed by atoms with E-state index in [0.717, 1.165) is 24.6 Å². The summed E-state index contributed by atoms with van der Waals surface area (Å²) in [5.74, 6) is 0.984. The van der Waals surface area contributed by atoms with Crippen LogP contribution in [0.25, 0.3) is 0 Å². The van der Waals surface area contributed by atoms with Crippen molar-refractivity contribution in [2.75, 3.05) is 18.4 Å². The van der Waals surface area contributed by atoms with Gasteiger partial charge in [-0.1, -0.05) is 6.07 Å². The van der Waals surface area contributed by atoms with E-state index in [2.05, 4.69) is 27.8 Å². The van der Waals surface area contributed by atoms with Crippen molar-refractivity contribution in [1.82, 2.24) is 10.3 Å². The summed E-state index contributed by atoms with van der Waals surface area (Å²) in [6.45, 7) is 3.56. The first kappa shape index (κ1) is 10.1. The van der Waals surface area contributed by atoms with Gasteiger partial charge in [0.25, 0.3) is 0 Å². The number of aromatic nitrogens is 1. The van der Waals surface area contributed by atoms with Gasteiger partial charge in [-0.3, -0.25) is 0 Å². The zero-order chi connectivity index (χ0) is 10.8. The predicted octanol–water partition coefficient (Wildman–Crippen LogP) is 1.28. The van der Waals surface area contributed by atoms with Crippen LogP contribution in [0.1, 0.15) is 24.1 Å². The third kappa shape index (κ3) is 2.03. The molecule has 0 radical (unpaired) electrons. The van der Waals surface area contributed by atoms with Crippen molar-refractivity contribution in [1.29, 1.82) is 0 Å². The molecule has 1 aromatic rings. The van der Waals surface area contributed by atoms with E-state index >= 15 is 0 Å². The number of anilines is 1. The minimum Gasteiger partial charge on any atom is -0.370 e. The van der Waals surface area contributed by atoms with Crippen LogP contribution in [-0.2, 0) is 18.0 Å². The first-order chi connectivity index (χ1) is 7.92. The second kappa shape index (κ2) is 4.39. The summed E-state index contributed by atoms with van der Waals surface area (Å²) in [4.78, 5) is 4.58. The molecule has 2 aliphatic heterocycles. The lowest BCUT2D eigenvalue weighted by Gasteiger charge is -2.24. The molecule has 0 spiro atoms. The number of piperidine rings is 1. The number of rotatable bonds is 2. The molecule has 4 heteroatoms. The molecule has 2 aliphatic rings. The molecule has 86 valence electrons. The molecule has 0 aromatic carbocycles. The first-order valence-electron chi connectivity index (χ1n) is 5.95. The van der Waals surface area contributed by atoms with Gasteiger partial charge in [0.05, 0.1) is 18.9 Å². The van der Waals surface area contributed by atoms with Crippen molar-refractivity contribution in [3.8, 4) is 0 Å². The molecule has 0 saturated carbocycles. The van der Waals surface area contributed by atoms with Crippen LogP contribution in [0, 0.1) is 0 Å². The zero-order valence-electron chi connectivity index (χ0n) is 9.33. The lowest BCUT2D eigenvalue weighted by Crippen LogP contribution is -2.38. The molecule has 4 nitrogen and oxygen atoms in total. The fourth-order valence-corrected chi connectivity index (χ4v) is 2.31. The van der Waals surface area contributed by atoms with Gasteiger partial charge in [0.2, 0.25) is 0 Å². The van der Waals surface area contributed by atoms with Gasteiger partial charge in [-0.15, -0.1) is 0 Å². The second-order valence-corrected chi connectivity index (χ2v) is 4.48. The molecule has 1 saturated heterocycles. The minimum atomic E-state index is 0.515. The summed E-state index contributed by atoms with van der Waals surface area (Å²) in [5, 5.41) is 6.87. The van der Waals surface area contributed by atoms with E-state index in [1.165, 1.54) is 18.4 Å². The summed E-state index contributed by atoms with van der Waals surface area (Å²) >= 11 is 0. The quantitative estimate of drug-likeness (QED) is 0.786. The maximum atomic E-state index is 5.36. The van der Waals surface area contributed by atoms with Gasteiger partial charge >= 0.3 is 0 Å². The number of fused-ring (bicyclic) bond motifs is 1. The first-order valence-corrected chi connectivity index (χ1v) is 5.95. The Hall–Kier alpha value is -1.13. The van der Waals surface area contributed by atoms with Crippen molar-refractivity contribution in [3.63, 3.8) is 0 Å². The molecule has 1 fully saturated rings. The predicted molar refractivity (Wildman–Crippen MR) is 62.2 cm³/mol. The van der Waals surface area contributed by atoms with Crippen molar-refractivity contribution >= 4 is 5.82 Å². The highest BCUT2D eigenvalue weighted by Gasteiger charge is 2.16. The monoisotopic (exact) mass is 219 g/mol. The van der Waals surface area contributed by atoms with Gasteiger partial charge in [-0.25, -0.2) is 4.98 Å². The second-order valence-electron chi connectivity index (χ2n) is 4.48. The van der Waals surface area contributed by atoms with Crippen LogP contribution < -0.4 is 10.6 Å². The molecule has 2 N–H and O–H groups in total. The normalized spacial score (nSPS) is 24.1. The van der Waals surface area contributed by atoms with Crippen LogP contribution >= 0.6 is 0 Å². The highest BCUT2D eigenvalue weighted by molar-refractivity contribution is 5.40. The highest BCUT2D eigenvalue weighted by atomic mass is 16.5. The van der Waals surface area contributed by atoms with E-state index in [9.17, 15) is 0 Å². The van der Waals surface area contributed by atoms with E-state index in [-0.39, 0.29) is 0 Å². The van der Waals surface area contributed by atoms with Gasteiger partial charge in [0, 0.05) is 18.2 Å². The van der Waals surface area contributed by atoms with Gasteiger partial charge in [-0.05, 0) is 25.5 Å². The van der Waals surface area contributed by atoms with Crippen LogP contribution in [0.3, 0.4) is 0 Å². The highest BCUT2D eigenvalue weighted by Crippen LogP contribution is 2.20. The molecule has 3 rings (SSSR count). The van der Waals surface area contributed by atoms with Crippen LogP contribution in [0.15, 0.2) is 12.1 Å². The Morgan fingerprint density at radius 3 is 3.25 bits per heavy atom. The molecule has 1 atom stereocenters. The zero-order valence-corrected chi connectivity index (χ0v) is 9.33. The molecular formula is C12H17N3O. The molecule has 0 bridgehead atoms. The van der Waals surface area contributed by atoms with Crippen molar-refractivity contribution in [2.24, 2.45) is 0 Å². The maximum absolute atomic E-state index is 5.36. The van der Waals surface area contributed by atoms with Crippen molar-refractivity contribution in [3.05, 3.63) is 23.4 Å².